The van der Waals surface area contributed by atoms with Crippen LogP contribution in [0, 0.1) is 11.3 Å². The smallest absolute Gasteiger partial charge is 0.171 e. The number of fused-ring (bicyclic) bond motifs is 4. The third-order valence-corrected chi connectivity index (χ3v) is 6.88. The second-order valence-electron chi connectivity index (χ2n) is 9.14. The van der Waals surface area contributed by atoms with Crippen LogP contribution in [-0.2, 0) is 6.42 Å². The summed E-state index contributed by atoms with van der Waals surface area (Å²) >= 11 is 0. The van der Waals surface area contributed by atoms with Crippen LogP contribution < -0.4 is 14.4 Å². The predicted molar refractivity (Wildman–Crippen MR) is 136 cm³/mol. The molecule has 1 saturated heterocycles. The zero-order chi connectivity index (χ0) is 23.8. The summed E-state index contributed by atoms with van der Waals surface area (Å²) < 4.78 is 12.5. The highest BCUT2D eigenvalue weighted by atomic mass is 16.6. The fourth-order valence-electron chi connectivity index (χ4n) is 4.91. The Bertz CT molecular complexity index is 1440. The van der Waals surface area contributed by atoms with E-state index in [2.05, 4.69) is 47.1 Å². The number of benzene rings is 2. The number of hydrogen-bond donors (Lipinski definition) is 0. The summed E-state index contributed by atoms with van der Waals surface area (Å²) in [5.74, 6) is 2.60. The number of ether oxygens (including phenoxy) is 2. The summed E-state index contributed by atoms with van der Waals surface area (Å²) in [6.07, 6.45) is 0.897. The van der Waals surface area contributed by atoms with E-state index in [-0.39, 0.29) is 6.10 Å². The molecule has 0 bridgehead atoms. The van der Waals surface area contributed by atoms with Crippen molar-refractivity contribution in [1.82, 2.24) is 14.9 Å². The lowest BCUT2D eigenvalue weighted by Crippen LogP contribution is -2.50. The molecule has 4 heterocycles. The molecule has 2 aliphatic heterocycles. The quantitative estimate of drug-likeness (QED) is 0.448. The van der Waals surface area contributed by atoms with Crippen molar-refractivity contribution in [2.24, 2.45) is 0 Å². The van der Waals surface area contributed by atoms with E-state index in [0.29, 0.717) is 12.2 Å². The minimum Gasteiger partial charge on any atom is -0.486 e. The molecule has 1 fully saturated rings. The van der Waals surface area contributed by atoms with E-state index in [1.54, 1.807) is 0 Å². The van der Waals surface area contributed by atoms with E-state index < -0.39 is 0 Å². The molecule has 0 N–H and O–H groups in total. The highest BCUT2D eigenvalue weighted by molar-refractivity contribution is 5.88. The topological polar surface area (TPSA) is 74.5 Å². The lowest BCUT2D eigenvalue weighted by Gasteiger charge is -2.38. The van der Waals surface area contributed by atoms with Crippen molar-refractivity contribution < 1.29 is 9.47 Å². The SMILES string of the molecule is CCc1ccc2c3c(ccc2n1)OC[C@H](CN1CCN(c2ccc4cc(C#N)ccc4n2)CC1)O3. The van der Waals surface area contributed by atoms with Gasteiger partial charge in [0.1, 0.15) is 18.5 Å². The number of rotatable bonds is 4. The van der Waals surface area contributed by atoms with E-state index >= 15 is 0 Å². The first kappa shape index (κ1) is 21.6. The first-order valence-electron chi connectivity index (χ1n) is 12.2. The predicted octanol–water partition coefficient (Wildman–Crippen LogP) is 4.18. The maximum Gasteiger partial charge on any atom is 0.171 e. The number of aryl methyl sites for hydroxylation is 1. The van der Waals surface area contributed by atoms with Crippen molar-refractivity contribution in [1.29, 1.82) is 5.26 Å². The number of anilines is 1. The molecule has 2 aliphatic rings. The van der Waals surface area contributed by atoms with Crippen LogP contribution in [0.3, 0.4) is 0 Å². The normalized spacial score (nSPS) is 18.1. The van der Waals surface area contributed by atoms with Gasteiger partial charge in [-0.15, -0.1) is 0 Å². The summed E-state index contributed by atoms with van der Waals surface area (Å²) in [6, 6.07) is 20.1. The second kappa shape index (κ2) is 9.05. The maximum absolute atomic E-state index is 9.11. The third-order valence-electron chi connectivity index (χ3n) is 6.88. The molecule has 7 heteroatoms. The molecule has 0 saturated carbocycles. The van der Waals surface area contributed by atoms with Crippen molar-refractivity contribution in [2.75, 3.05) is 44.2 Å². The molecule has 2 aromatic heterocycles. The van der Waals surface area contributed by atoms with Crippen LogP contribution in [0.4, 0.5) is 5.82 Å². The largest absolute Gasteiger partial charge is 0.486 e. The molecule has 1 atom stereocenters. The zero-order valence-corrected chi connectivity index (χ0v) is 19.8. The Labute approximate surface area is 204 Å². The van der Waals surface area contributed by atoms with Gasteiger partial charge in [0.2, 0.25) is 0 Å². The average molecular weight is 466 g/mol. The van der Waals surface area contributed by atoms with Crippen molar-refractivity contribution in [3.05, 3.63) is 65.9 Å². The van der Waals surface area contributed by atoms with Gasteiger partial charge in [-0.05, 0) is 61.0 Å². The first-order chi connectivity index (χ1) is 17.2. The summed E-state index contributed by atoms with van der Waals surface area (Å²) in [4.78, 5) is 14.3. The van der Waals surface area contributed by atoms with Crippen molar-refractivity contribution >= 4 is 27.6 Å². The zero-order valence-electron chi connectivity index (χ0n) is 19.8. The van der Waals surface area contributed by atoms with Crippen LogP contribution in [0.15, 0.2) is 54.6 Å². The minimum absolute atomic E-state index is 0.0152. The Morgan fingerprint density at radius 3 is 2.66 bits per heavy atom. The van der Waals surface area contributed by atoms with E-state index in [9.17, 15) is 0 Å². The monoisotopic (exact) mass is 465 g/mol. The van der Waals surface area contributed by atoms with Gasteiger partial charge in [0, 0.05) is 49.2 Å². The lowest BCUT2D eigenvalue weighted by molar-refractivity contribution is 0.0587. The number of nitrogens with zero attached hydrogens (tertiary/aromatic N) is 5. The number of nitriles is 1. The van der Waals surface area contributed by atoms with Crippen LogP contribution >= 0.6 is 0 Å². The molecule has 0 spiro atoms. The van der Waals surface area contributed by atoms with Crippen LogP contribution in [0.2, 0.25) is 0 Å². The molecule has 0 aliphatic carbocycles. The van der Waals surface area contributed by atoms with Crippen molar-refractivity contribution in [2.45, 2.75) is 19.4 Å². The van der Waals surface area contributed by atoms with Crippen LogP contribution in [0.25, 0.3) is 21.8 Å². The van der Waals surface area contributed by atoms with Gasteiger partial charge in [-0.3, -0.25) is 9.88 Å². The molecule has 0 radical (unpaired) electrons. The summed E-state index contributed by atoms with van der Waals surface area (Å²) in [6.45, 7) is 7.19. The third kappa shape index (κ3) is 4.22. The summed E-state index contributed by atoms with van der Waals surface area (Å²) in [5.41, 5.74) is 3.61. The number of pyridine rings is 2. The Hall–Kier alpha value is -3.89. The fourth-order valence-corrected chi connectivity index (χ4v) is 4.91. The molecule has 176 valence electrons. The van der Waals surface area contributed by atoms with Gasteiger partial charge in [0.05, 0.1) is 22.7 Å². The van der Waals surface area contributed by atoms with Gasteiger partial charge >= 0.3 is 0 Å². The van der Waals surface area contributed by atoms with Crippen LogP contribution in [0.1, 0.15) is 18.2 Å². The van der Waals surface area contributed by atoms with E-state index in [0.717, 1.165) is 84.0 Å². The lowest BCUT2D eigenvalue weighted by atomic mass is 10.1. The summed E-state index contributed by atoms with van der Waals surface area (Å²) in [5, 5.41) is 11.1. The molecular weight excluding hydrogens is 438 g/mol. The molecule has 7 nitrogen and oxygen atoms in total. The minimum atomic E-state index is -0.0152. The molecular formula is C28H27N5O2. The van der Waals surface area contributed by atoms with Gasteiger partial charge in [-0.25, -0.2) is 4.98 Å². The van der Waals surface area contributed by atoms with Crippen LogP contribution in [-0.4, -0.2) is 60.3 Å². The van der Waals surface area contributed by atoms with Gasteiger partial charge in [0.25, 0.3) is 0 Å². The Balaban J connectivity index is 1.10. The molecule has 35 heavy (non-hydrogen) atoms. The number of hydrogen-bond acceptors (Lipinski definition) is 7. The Morgan fingerprint density at radius 1 is 0.971 bits per heavy atom. The Morgan fingerprint density at radius 2 is 1.83 bits per heavy atom. The molecule has 6 rings (SSSR count). The Kier molecular flexibility index (Phi) is 5.59. The maximum atomic E-state index is 9.11. The van der Waals surface area contributed by atoms with Crippen LogP contribution in [0.5, 0.6) is 11.5 Å². The van der Waals surface area contributed by atoms with Gasteiger partial charge < -0.3 is 14.4 Å². The van der Waals surface area contributed by atoms with E-state index in [1.165, 1.54) is 0 Å². The fraction of sp³-hybridized carbons (Fsp3) is 0.321. The van der Waals surface area contributed by atoms with E-state index in [1.807, 2.05) is 30.3 Å². The molecule has 0 amide bonds. The number of aromatic nitrogens is 2. The van der Waals surface area contributed by atoms with Gasteiger partial charge in [-0.1, -0.05) is 6.92 Å². The molecule has 0 unspecified atom stereocenters. The van der Waals surface area contributed by atoms with Gasteiger partial charge in [0.15, 0.2) is 11.5 Å². The average Bonchev–Trinajstić information content (AvgIpc) is 2.92. The second-order valence-corrected chi connectivity index (χ2v) is 9.14. The van der Waals surface area contributed by atoms with Gasteiger partial charge in [-0.2, -0.15) is 5.26 Å². The molecule has 2 aromatic carbocycles. The highest BCUT2D eigenvalue weighted by Gasteiger charge is 2.27. The van der Waals surface area contributed by atoms with Crippen molar-refractivity contribution in [3.63, 3.8) is 0 Å². The highest BCUT2D eigenvalue weighted by Crippen LogP contribution is 2.38. The first-order valence-corrected chi connectivity index (χ1v) is 12.2. The summed E-state index contributed by atoms with van der Waals surface area (Å²) in [7, 11) is 0. The number of piperazine rings is 1. The van der Waals surface area contributed by atoms with E-state index in [4.69, 9.17) is 24.7 Å². The standard InChI is InChI=1S/C28H27N5O2/c1-2-21-5-6-23-25(30-21)8-9-26-28(23)35-22(18-34-26)17-32-11-13-33(14-12-32)27-10-4-20-15-19(16-29)3-7-24(20)31-27/h3-10,15,22H,2,11-14,17-18H2,1H3/t22-/m0/s1. The molecule has 4 aromatic rings. The van der Waals surface area contributed by atoms with Crippen molar-refractivity contribution in [3.8, 4) is 17.6 Å².